The molecule has 3 atom stereocenters. The zero-order valence-corrected chi connectivity index (χ0v) is 28.2. The molecule has 12 heteroatoms. The number of pyridine rings is 1. The van der Waals surface area contributed by atoms with E-state index in [1.807, 2.05) is 25.3 Å². The van der Waals surface area contributed by atoms with E-state index in [0.717, 1.165) is 36.6 Å². The Bertz CT molecular complexity index is 1280. The van der Waals surface area contributed by atoms with Crippen molar-refractivity contribution in [3.05, 3.63) is 26.8 Å². The van der Waals surface area contributed by atoms with E-state index in [-0.39, 0.29) is 48.6 Å². The maximum absolute atomic E-state index is 15.8. The third-order valence-electron chi connectivity index (χ3n) is 8.14. The minimum Gasteiger partial charge on any atom is -0.444 e. The Labute approximate surface area is 256 Å². The number of amides is 1. The fourth-order valence-corrected chi connectivity index (χ4v) is 7.66. The SMILES string of the molecule is CC(C)(C)OC(=O)N1CC2C(C1)C2c1c(COC2CCCCO2)n(COCC[Si](C)(C)C)c2c(F)c(Cl)nc(Br)c12. The van der Waals surface area contributed by atoms with Crippen LogP contribution in [-0.4, -0.2) is 66.8 Å². The van der Waals surface area contributed by atoms with Crippen molar-refractivity contribution in [3.63, 3.8) is 0 Å². The van der Waals surface area contributed by atoms with Gasteiger partial charge in [-0.3, -0.25) is 0 Å². The number of nitrogens with zero attached hydrogens (tertiary/aromatic N) is 3. The minimum atomic E-state index is -1.31. The van der Waals surface area contributed by atoms with Gasteiger partial charge in [-0.2, -0.15) is 0 Å². The minimum absolute atomic E-state index is 0.129. The zero-order valence-electron chi connectivity index (χ0n) is 24.9. The van der Waals surface area contributed by atoms with Crippen LogP contribution in [0, 0.1) is 17.7 Å². The van der Waals surface area contributed by atoms with Gasteiger partial charge in [-0.15, -0.1) is 0 Å². The van der Waals surface area contributed by atoms with Gasteiger partial charge in [0.05, 0.1) is 17.8 Å². The number of likely N-dealkylation sites (tertiary alicyclic amines) is 1. The molecule has 0 aromatic carbocycles. The molecule has 1 saturated carbocycles. The molecule has 41 heavy (non-hydrogen) atoms. The number of rotatable bonds is 9. The van der Waals surface area contributed by atoms with Gasteiger partial charge in [0, 0.05) is 39.8 Å². The van der Waals surface area contributed by atoms with Gasteiger partial charge >= 0.3 is 6.09 Å². The van der Waals surface area contributed by atoms with Crippen molar-refractivity contribution in [3.8, 4) is 0 Å². The second-order valence-corrected chi connectivity index (χ2v) is 20.4. The first-order chi connectivity index (χ1) is 19.2. The van der Waals surface area contributed by atoms with Crippen LogP contribution in [0.5, 0.6) is 0 Å². The number of ether oxygens (including phenoxy) is 4. The van der Waals surface area contributed by atoms with Gasteiger partial charge < -0.3 is 28.4 Å². The van der Waals surface area contributed by atoms with E-state index in [0.29, 0.717) is 41.8 Å². The van der Waals surface area contributed by atoms with E-state index in [2.05, 4.69) is 40.6 Å². The number of halogens is 3. The molecule has 0 N–H and O–H groups in total. The summed E-state index contributed by atoms with van der Waals surface area (Å²) in [4.78, 5) is 18.8. The van der Waals surface area contributed by atoms with Gasteiger partial charge in [-0.05, 0) is 85.3 Å². The Hall–Kier alpha value is -1.24. The van der Waals surface area contributed by atoms with Crippen LogP contribution in [-0.2, 0) is 32.3 Å². The molecule has 1 aliphatic carbocycles. The van der Waals surface area contributed by atoms with Gasteiger partial charge in [0.1, 0.15) is 16.9 Å². The highest BCUT2D eigenvalue weighted by Gasteiger charge is 2.59. The van der Waals surface area contributed by atoms with E-state index in [1.165, 1.54) is 0 Å². The predicted molar refractivity (Wildman–Crippen MR) is 162 cm³/mol. The highest BCUT2D eigenvalue weighted by Crippen LogP contribution is 2.61. The van der Waals surface area contributed by atoms with Crippen molar-refractivity contribution >= 4 is 52.6 Å². The van der Waals surface area contributed by atoms with Crippen LogP contribution in [0.3, 0.4) is 0 Å². The summed E-state index contributed by atoms with van der Waals surface area (Å²) in [6, 6.07) is 1.00. The largest absolute Gasteiger partial charge is 0.444 e. The Kier molecular flexibility index (Phi) is 9.16. The molecule has 3 fully saturated rings. The average molecular weight is 675 g/mol. The second-order valence-electron chi connectivity index (χ2n) is 13.7. The number of fused-ring (bicyclic) bond motifs is 2. The highest BCUT2D eigenvalue weighted by molar-refractivity contribution is 9.10. The van der Waals surface area contributed by atoms with Gasteiger partial charge in [-0.1, -0.05) is 31.2 Å². The molecular formula is C29H42BrClFN3O5Si. The topological polar surface area (TPSA) is 75.0 Å². The van der Waals surface area contributed by atoms with Crippen LogP contribution in [0.1, 0.15) is 57.2 Å². The Balaban J connectivity index is 1.49. The van der Waals surface area contributed by atoms with Crippen LogP contribution in [0.2, 0.25) is 30.8 Å². The lowest BCUT2D eigenvalue weighted by Crippen LogP contribution is -2.36. The number of hydrogen-bond acceptors (Lipinski definition) is 6. The normalized spacial score (nSPS) is 24.7. The molecule has 0 spiro atoms. The summed E-state index contributed by atoms with van der Waals surface area (Å²) in [6.07, 6.45) is 2.31. The molecule has 3 unspecified atom stereocenters. The van der Waals surface area contributed by atoms with Crippen molar-refractivity contribution in [2.45, 2.75) is 96.9 Å². The molecule has 2 aromatic heterocycles. The molecule has 8 nitrogen and oxygen atoms in total. The van der Waals surface area contributed by atoms with Gasteiger partial charge in [0.25, 0.3) is 0 Å². The Morgan fingerprint density at radius 3 is 2.54 bits per heavy atom. The van der Waals surface area contributed by atoms with Crippen LogP contribution < -0.4 is 0 Å². The Morgan fingerprint density at radius 1 is 1.22 bits per heavy atom. The molecule has 0 bridgehead atoms. The number of piperidine rings is 1. The van der Waals surface area contributed by atoms with Crippen molar-refractivity contribution in [2.75, 3.05) is 26.3 Å². The number of hydrogen-bond donors (Lipinski definition) is 0. The lowest BCUT2D eigenvalue weighted by atomic mass is 10.0. The Morgan fingerprint density at radius 2 is 1.93 bits per heavy atom. The smallest absolute Gasteiger partial charge is 0.410 e. The first-order valence-electron chi connectivity index (χ1n) is 14.6. The molecule has 2 aromatic rings. The van der Waals surface area contributed by atoms with E-state index >= 15 is 4.39 Å². The third-order valence-corrected chi connectivity index (χ3v) is 10.7. The summed E-state index contributed by atoms with van der Waals surface area (Å²) >= 11 is 9.87. The summed E-state index contributed by atoms with van der Waals surface area (Å²) in [6.45, 7) is 15.4. The van der Waals surface area contributed by atoms with E-state index in [4.69, 9.17) is 30.5 Å². The fourth-order valence-electron chi connectivity index (χ4n) is 6.05. The molecule has 5 rings (SSSR count). The lowest BCUT2D eigenvalue weighted by Gasteiger charge is -2.26. The summed E-state index contributed by atoms with van der Waals surface area (Å²) in [5.41, 5.74) is 1.68. The number of carbonyl (C=O) groups is 1. The molecule has 0 radical (unpaired) electrons. The van der Waals surface area contributed by atoms with Gasteiger partial charge in [-0.25, -0.2) is 14.2 Å². The number of carbonyl (C=O) groups excluding carboxylic acids is 1. The molecule has 2 aliphatic heterocycles. The van der Waals surface area contributed by atoms with E-state index < -0.39 is 19.5 Å². The molecule has 1 amide bonds. The van der Waals surface area contributed by atoms with Gasteiger partial charge in [0.15, 0.2) is 17.3 Å². The van der Waals surface area contributed by atoms with Crippen molar-refractivity contribution < 1.29 is 28.1 Å². The summed E-state index contributed by atoms with van der Waals surface area (Å²) < 4.78 is 42.1. The zero-order chi connectivity index (χ0) is 29.7. The summed E-state index contributed by atoms with van der Waals surface area (Å²) in [5.74, 6) is 0.0413. The molecule has 3 aliphatic rings. The molecule has 4 heterocycles. The quantitative estimate of drug-likeness (QED) is 0.156. The van der Waals surface area contributed by atoms with Gasteiger partial charge in [0.2, 0.25) is 0 Å². The maximum Gasteiger partial charge on any atom is 0.410 e. The molecule has 2 saturated heterocycles. The van der Waals surface area contributed by atoms with E-state index in [9.17, 15) is 4.79 Å². The highest BCUT2D eigenvalue weighted by atomic mass is 79.9. The van der Waals surface area contributed by atoms with E-state index in [1.54, 1.807) is 4.90 Å². The first kappa shape index (κ1) is 31.2. The number of aromatic nitrogens is 2. The van der Waals surface area contributed by atoms with Crippen molar-refractivity contribution in [2.24, 2.45) is 11.8 Å². The molecular weight excluding hydrogens is 633 g/mol. The maximum atomic E-state index is 15.8. The second kappa shape index (κ2) is 12.0. The third kappa shape index (κ3) is 6.96. The monoisotopic (exact) mass is 673 g/mol. The summed E-state index contributed by atoms with van der Waals surface area (Å²) in [5, 5.41) is 0.513. The van der Waals surface area contributed by atoms with Crippen LogP contribution in [0.4, 0.5) is 9.18 Å². The van der Waals surface area contributed by atoms with Crippen molar-refractivity contribution in [1.82, 2.24) is 14.5 Å². The average Bonchev–Trinajstić information content (AvgIpc) is 3.20. The summed E-state index contributed by atoms with van der Waals surface area (Å²) in [7, 11) is -1.31. The standard InChI is InChI=1S/C29H42BrClFN3O5Si/c1-29(2,3)40-28(36)34-13-17-18(14-34)21(17)22-19(15-39-20-9-7-8-10-38-20)35(16-37-11-12-41(4,5)6)25-23(22)26(30)33-27(31)24(25)32/h17-18,20-21H,7-16H2,1-6H3. The molecule has 228 valence electrons. The first-order valence-corrected chi connectivity index (χ1v) is 19.5. The fraction of sp³-hybridized carbons (Fsp3) is 0.724. The van der Waals surface area contributed by atoms with Crippen LogP contribution >= 0.6 is 27.5 Å². The van der Waals surface area contributed by atoms with Crippen LogP contribution in [0.25, 0.3) is 10.9 Å². The van der Waals surface area contributed by atoms with Crippen molar-refractivity contribution in [1.29, 1.82) is 0 Å². The predicted octanol–water partition coefficient (Wildman–Crippen LogP) is 7.53. The van der Waals surface area contributed by atoms with Crippen LogP contribution in [0.15, 0.2) is 4.60 Å². The lowest BCUT2D eigenvalue weighted by molar-refractivity contribution is -0.170.